The average Bonchev–Trinajstić information content (AvgIpc) is 2.28. The summed E-state index contributed by atoms with van der Waals surface area (Å²) in [6.07, 6.45) is 0. The summed E-state index contributed by atoms with van der Waals surface area (Å²) in [6.45, 7) is 6.19. The largest absolute Gasteiger partial charge is 0.465 e. The number of piperazine rings is 1. The van der Waals surface area contributed by atoms with E-state index < -0.39 is 11.9 Å². The molecule has 0 N–H and O–H groups in total. The predicted molar refractivity (Wildman–Crippen MR) is 54.2 cm³/mol. The van der Waals surface area contributed by atoms with Gasteiger partial charge in [0.2, 0.25) is 5.91 Å². The Morgan fingerprint density at radius 1 is 1.40 bits per heavy atom. The first-order valence-corrected chi connectivity index (χ1v) is 5.25. The summed E-state index contributed by atoms with van der Waals surface area (Å²) in [4.78, 5) is 24.8. The first-order chi connectivity index (χ1) is 7.16. The Morgan fingerprint density at radius 2 is 2.00 bits per heavy atom. The molecule has 1 fully saturated rings. The van der Waals surface area contributed by atoms with Crippen molar-refractivity contribution in [3.05, 3.63) is 0 Å². The third kappa shape index (κ3) is 3.20. The number of ether oxygens (including phenoxy) is 1. The molecule has 0 bridgehead atoms. The summed E-state index contributed by atoms with van der Waals surface area (Å²) < 4.78 is 4.81. The number of amides is 1. The maximum Gasteiger partial charge on any atom is 0.318 e. The van der Waals surface area contributed by atoms with Crippen LogP contribution in [0, 0.1) is 5.92 Å². The number of hydrogen-bond donors (Lipinski definition) is 0. The van der Waals surface area contributed by atoms with Gasteiger partial charge in [-0.1, -0.05) is 0 Å². The van der Waals surface area contributed by atoms with Gasteiger partial charge in [0.25, 0.3) is 0 Å². The van der Waals surface area contributed by atoms with E-state index in [9.17, 15) is 9.59 Å². The van der Waals surface area contributed by atoms with Crippen molar-refractivity contribution in [2.24, 2.45) is 5.92 Å². The van der Waals surface area contributed by atoms with Crippen LogP contribution in [0.2, 0.25) is 0 Å². The zero-order valence-corrected chi connectivity index (χ0v) is 9.23. The van der Waals surface area contributed by atoms with Crippen molar-refractivity contribution in [1.29, 1.82) is 0 Å². The molecule has 1 aliphatic heterocycles. The number of carbonyl (C=O) groups excluding carboxylic acids is 2. The molecule has 5 heteroatoms. The SMILES string of the molecule is CCOC(=O)C(C)C(=O)N1CC[N]CC1. The maximum atomic E-state index is 11.8. The summed E-state index contributed by atoms with van der Waals surface area (Å²) in [5, 5.41) is 4.14. The third-order valence-electron chi connectivity index (χ3n) is 2.38. The summed E-state index contributed by atoms with van der Waals surface area (Å²) in [5.41, 5.74) is 0. The highest BCUT2D eigenvalue weighted by atomic mass is 16.5. The standard InChI is InChI=1S/C10H17N2O3/c1-3-15-10(14)8(2)9(13)12-6-4-11-5-7-12/h8H,3-7H2,1-2H3. The van der Waals surface area contributed by atoms with E-state index in [1.807, 2.05) is 0 Å². The molecule has 1 amide bonds. The van der Waals surface area contributed by atoms with E-state index in [-0.39, 0.29) is 5.91 Å². The molecule has 1 radical (unpaired) electrons. The van der Waals surface area contributed by atoms with Gasteiger partial charge in [-0.05, 0) is 13.8 Å². The van der Waals surface area contributed by atoms with Crippen molar-refractivity contribution in [2.45, 2.75) is 13.8 Å². The van der Waals surface area contributed by atoms with Gasteiger partial charge in [-0.2, -0.15) is 0 Å². The second-order valence-electron chi connectivity index (χ2n) is 3.47. The van der Waals surface area contributed by atoms with Gasteiger partial charge in [0.15, 0.2) is 0 Å². The van der Waals surface area contributed by atoms with E-state index in [2.05, 4.69) is 5.32 Å². The molecule has 85 valence electrons. The van der Waals surface area contributed by atoms with Crippen molar-refractivity contribution in [3.63, 3.8) is 0 Å². The molecule has 0 saturated carbocycles. The lowest BCUT2D eigenvalue weighted by Crippen LogP contribution is -2.47. The van der Waals surface area contributed by atoms with Crippen molar-refractivity contribution in [2.75, 3.05) is 32.8 Å². The third-order valence-corrected chi connectivity index (χ3v) is 2.38. The molecule has 1 atom stereocenters. The number of rotatable bonds is 3. The number of carbonyl (C=O) groups is 2. The molecule has 0 spiro atoms. The zero-order chi connectivity index (χ0) is 11.3. The van der Waals surface area contributed by atoms with Crippen molar-refractivity contribution < 1.29 is 14.3 Å². The second-order valence-corrected chi connectivity index (χ2v) is 3.47. The molecule has 1 heterocycles. The van der Waals surface area contributed by atoms with E-state index in [0.717, 1.165) is 0 Å². The molecule has 0 aromatic rings. The molecular formula is C10H17N2O3. The molecule has 1 saturated heterocycles. The van der Waals surface area contributed by atoms with E-state index >= 15 is 0 Å². The van der Waals surface area contributed by atoms with E-state index in [0.29, 0.717) is 32.8 Å². The second kappa shape index (κ2) is 5.70. The van der Waals surface area contributed by atoms with Crippen LogP contribution >= 0.6 is 0 Å². The van der Waals surface area contributed by atoms with Gasteiger partial charge in [-0.25, -0.2) is 5.32 Å². The Labute approximate surface area is 89.8 Å². The first-order valence-electron chi connectivity index (χ1n) is 5.25. The van der Waals surface area contributed by atoms with Gasteiger partial charge in [0.05, 0.1) is 6.61 Å². The minimum atomic E-state index is -0.692. The van der Waals surface area contributed by atoms with E-state index in [1.54, 1.807) is 18.7 Å². The highest BCUT2D eigenvalue weighted by Crippen LogP contribution is 2.06. The smallest absolute Gasteiger partial charge is 0.318 e. The monoisotopic (exact) mass is 213 g/mol. The van der Waals surface area contributed by atoms with Crippen LogP contribution in [0.3, 0.4) is 0 Å². The van der Waals surface area contributed by atoms with Crippen LogP contribution in [0.15, 0.2) is 0 Å². The fourth-order valence-corrected chi connectivity index (χ4v) is 1.47. The molecule has 1 rings (SSSR count). The van der Waals surface area contributed by atoms with E-state index in [1.165, 1.54) is 0 Å². The van der Waals surface area contributed by atoms with Gasteiger partial charge in [-0.15, -0.1) is 0 Å². The van der Waals surface area contributed by atoms with Gasteiger partial charge in [0.1, 0.15) is 5.92 Å². The lowest BCUT2D eigenvalue weighted by Gasteiger charge is -2.28. The van der Waals surface area contributed by atoms with Crippen LogP contribution in [0.4, 0.5) is 0 Å². The molecular weight excluding hydrogens is 196 g/mol. The minimum absolute atomic E-state index is 0.150. The highest BCUT2D eigenvalue weighted by Gasteiger charge is 2.28. The van der Waals surface area contributed by atoms with Gasteiger partial charge < -0.3 is 9.64 Å². The quantitative estimate of drug-likeness (QED) is 0.475. The summed E-state index contributed by atoms with van der Waals surface area (Å²) in [7, 11) is 0. The van der Waals surface area contributed by atoms with Gasteiger partial charge in [-0.3, -0.25) is 9.59 Å². The Bertz CT molecular complexity index is 237. The Kier molecular flexibility index (Phi) is 4.55. The van der Waals surface area contributed by atoms with Crippen molar-refractivity contribution >= 4 is 11.9 Å². The Morgan fingerprint density at radius 3 is 2.53 bits per heavy atom. The Hall–Kier alpha value is -1.10. The van der Waals surface area contributed by atoms with Crippen LogP contribution in [-0.4, -0.2) is 49.6 Å². The molecule has 1 unspecified atom stereocenters. The summed E-state index contributed by atoms with van der Waals surface area (Å²) in [5.74, 6) is -1.28. The molecule has 0 aromatic carbocycles. The molecule has 0 aromatic heterocycles. The molecule has 1 aliphatic rings. The average molecular weight is 213 g/mol. The lowest BCUT2D eigenvalue weighted by molar-refractivity contribution is -0.154. The Balaban J connectivity index is 2.47. The highest BCUT2D eigenvalue weighted by molar-refractivity contribution is 5.97. The minimum Gasteiger partial charge on any atom is -0.465 e. The maximum absolute atomic E-state index is 11.8. The van der Waals surface area contributed by atoms with Crippen LogP contribution in [0.1, 0.15) is 13.8 Å². The van der Waals surface area contributed by atoms with E-state index in [4.69, 9.17) is 4.74 Å². The van der Waals surface area contributed by atoms with Crippen LogP contribution in [0.5, 0.6) is 0 Å². The number of esters is 1. The molecule has 5 nitrogen and oxygen atoms in total. The number of nitrogens with zero attached hydrogens (tertiary/aromatic N) is 2. The number of hydrogen-bond acceptors (Lipinski definition) is 3. The fourth-order valence-electron chi connectivity index (χ4n) is 1.47. The topological polar surface area (TPSA) is 60.7 Å². The van der Waals surface area contributed by atoms with Crippen LogP contribution < -0.4 is 5.32 Å². The van der Waals surface area contributed by atoms with Crippen LogP contribution in [0.25, 0.3) is 0 Å². The van der Waals surface area contributed by atoms with Gasteiger partial charge >= 0.3 is 5.97 Å². The summed E-state index contributed by atoms with van der Waals surface area (Å²) in [6, 6.07) is 0. The van der Waals surface area contributed by atoms with Crippen molar-refractivity contribution in [1.82, 2.24) is 10.2 Å². The predicted octanol–water partition coefficient (Wildman–Crippen LogP) is -0.368. The normalized spacial score (nSPS) is 18.4. The fraction of sp³-hybridized carbons (Fsp3) is 0.800. The van der Waals surface area contributed by atoms with Crippen molar-refractivity contribution in [3.8, 4) is 0 Å². The van der Waals surface area contributed by atoms with Gasteiger partial charge in [0, 0.05) is 26.2 Å². The summed E-state index contributed by atoms with van der Waals surface area (Å²) >= 11 is 0. The molecule has 15 heavy (non-hydrogen) atoms. The lowest BCUT2D eigenvalue weighted by atomic mass is 10.1. The first kappa shape index (κ1) is 12.0. The molecule has 0 aliphatic carbocycles. The zero-order valence-electron chi connectivity index (χ0n) is 9.23. The van der Waals surface area contributed by atoms with Crippen LogP contribution in [-0.2, 0) is 14.3 Å².